The molecular weight excluding hydrogens is 222 g/mol. The largest absolute Gasteiger partial charge is 0.370 e. The molecule has 2 aromatic carbocycles. The van der Waals surface area contributed by atoms with Crippen LogP contribution >= 0.6 is 0 Å². The average Bonchev–Trinajstić information content (AvgIpc) is 2.38. The molecular formula is C16H21NO. The van der Waals surface area contributed by atoms with E-state index in [9.17, 15) is 0 Å². The van der Waals surface area contributed by atoms with Crippen molar-refractivity contribution in [3.05, 3.63) is 48.0 Å². The number of rotatable bonds is 5. The lowest BCUT2D eigenvalue weighted by molar-refractivity contribution is 0.169. The monoisotopic (exact) mass is 243 g/mol. The summed E-state index contributed by atoms with van der Waals surface area (Å²) in [6.07, 6.45) is 0. The van der Waals surface area contributed by atoms with Crippen LogP contribution in [-0.2, 0) is 10.2 Å². The van der Waals surface area contributed by atoms with Crippen LogP contribution in [0.1, 0.15) is 19.4 Å². The van der Waals surface area contributed by atoms with Crippen molar-refractivity contribution >= 4 is 10.8 Å². The average molecular weight is 243 g/mol. The standard InChI is InChI=1S/C16H21NO/c1-16(2,11-17-12-18-3)15-9-8-13-6-4-5-7-14(13)10-15/h4-10,17H,11-12H2,1-3H3. The fourth-order valence-electron chi connectivity index (χ4n) is 2.18. The molecule has 0 spiro atoms. The van der Waals surface area contributed by atoms with Gasteiger partial charge in [-0.25, -0.2) is 0 Å². The highest BCUT2D eigenvalue weighted by molar-refractivity contribution is 5.83. The van der Waals surface area contributed by atoms with Crippen LogP contribution in [0.5, 0.6) is 0 Å². The maximum Gasteiger partial charge on any atom is 0.0961 e. The third kappa shape index (κ3) is 2.89. The Morgan fingerprint density at radius 1 is 1.06 bits per heavy atom. The third-order valence-corrected chi connectivity index (χ3v) is 3.34. The Labute approximate surface area is 109 Å². The number of hydrogen-bond acceptors (Lipinski definition) is 2. The normalized spacial score (nSPS) is 11.9. The molecule has 2 rings (SSSR count). The summed E-state index contributed by atoms with van der Waals surface area (Å²) in [7, 11) is 1.70. The van der Waals surface area contributed by atoms with Gasteiger partial charge in [0.2, 0.25) is 0 Å². The van der Waals surface area contributed by atoms with Crippen molar-refractivity contribution in [2.75, 3.05) is 20.4 Å². The molecule has 2 nitrogen and oxygen atoms in total. The van der Waals surface area contributed by atoms with E-state index >= 15 is 0 Å². The molecule has 96 valence electrons. The van der Waals surface area contributed by atoms with Gasteiger partial charge in [-0.1, -0.05) is 56.3 Å². The molecule has 0 fully saturated rings. The maximum absolute atomic E-state index is 5.03. The van der Waals surface area contributed by atoms with Crippen LogP contribution in [0, 0.1) is 0 Å². The first-order chi connectivity index (χ1) is 8.63. The molecule has 0 saturated carbocycles. The van der Waals surface area contributed by atoms with E-state index in [1.54, 1.807) is 7.11 Å². The van der Waals surface area contributed by atoms with Gasteiger partial charge >= 0.3 is 0 Å². The second kappa shape index (κ2) is 5.51. The minimum Gasteiger partial charge on any atom is -0.370 e. The lowest BCUT2D eigenvalue weighted by Crippen LogP contribution is -2.33. The molecule has 18 heavy (non-hydrogen) atoms. The Balaban J connectivity index is 2.23. The van der Waals surface area contributed by atoms with Gasteiger partial charge in [-0.15, -0.1) is 0 Å². The molecule has 0 aliphatic carbocycles. The molecule has 1 N–H and O–H groups in total. The fourth-order valence-corrected chi connectivity index (χ4v) is 2.18. The minimum atomic E-state index is 0.0998. The van der Waals surface area contributed by atoms with E-state index in [0.717, 1.165) is 6.54 Å². The highest BCUT2D eigenvalue weighted by Crippen LogP contribution is 2.26. The van der Waals surface area contributed by atoms with Gasteiger partial charge in [-0.05, 0) is 16.3 Å². The first kappa shape index (κ1) is 13.1. The zero-order valence-electron chi connectivity index (χ0n) is 11.4. The van der Waals surface area contributed by atoms with Crippen LogP contribution in [-0.4, -0.2) is 20.4 Å². The molecule has 0 atom stereocenters. The van der Waals surface area contributed by atoms with E-state index in [-0.39, 0.29) is 5.41 Å². The van der Waals surface area contributed by atoms with Gasteiger partial charge in [0.1, 0.15) is 0 Å². The highest BCUT2D eigenvalue weighted by Gasteiger charge is 2.20. The molecule has 0 aliphatic heterocycles. The lowest BCUT2D eigenvalue weighted by Gasteiger charge is -2.26. The third-order valence-electron chi connectivity index (χ3n) is 3.34. The number of fused-ring (bicyclic) bond motifs is 1. The maximum atomic E-state index is 5.03. The summed E-state index contributed by atoms with van der Waals surface area (Å²) in [5, 5.41) is 5.89. The van der Waals surface area contributed by atoms with Crippen molar-refractivity contribution in [1.29, 1.82) is 0 Å². The minimum absolute atomic E-state index is 0.0998. The summed E-state index contributed by atoms with van der Waals surface area (Å²) >= 11 is 0. The smallest absolute Gasteiger partial charge is 0.0961 e. The van der Waals surface area contributed by atoms with Crippen LogP contribution in [0.2, 0.25) is 0 Å². The summed E-state index contributed by atoms with van der Waals surface area (Å²) in [5.74, 6) is 0. The summed E-state index contributed by atoms with van der Waals surface area (Å²) in [5.41, 5.74) is 1.45. The van der Waals surface area contributed by atoms with Crippen molar-refractivity contribution in [1.82, 2.24) is 5.32 Å². The Morgan fingerprint density at radius 3 is 2.50 bits per heavy atom. The first-order valence-electron chi connectivity index (χ1n) is 6.32. The quantitative estimate of drug-likeness (QED) is 0.642. The summed E-state index contributed by atoms with van der Waals surface area (Å²) in [6, 6.07) is 15.2. The van der Waals surface area contributed by atoms with Gasteiger partial charge in [-0.2, -0.15) is 0 Å². The molecule has 0 saturated heterocycles. The number of ether oxygens (including phenoxy) is 1. The van der Waals surface area contributed by atoms with Crippen molar-refractivity contribution in [2.45, 2.75) is 19.3 Å². The van der Waals surface area contributed by atoms with Gasteiger partial charge < -0.3 is 4.74 Å². The molecule has 0 amide bonds. The van der Waals surface area contributed by atoms with Gasteiger partial charge in [-0.3, -0.25) is 5.32 Å². The zero-order valence-corrected chi connectivity index (χ0v) is 11.4. The first-order valence-corrected chi connectivity index (χ1v) is 6.32. The molecule has 0 heterocycles. The Kier molecular flexibility index (Phi) is 4.00. The second-order valence-electron chi connectivity index (χ2n) is 5.31. The van der Waals surface area contributed by atoms with Crippen LogP contribution in [0.3, 0.4) is 0 Å². The Bertz CT molecular complexity index is 519. The molecule has 2 heteroatoms. The molecule has 0 unspecified atom stereocenters. The van der Waals surface area contributed by atoms with Gasteiger partial charge in [0, 0.05) is 19.1 Å². The number of nitrogens with one attached hydrogen (secondary N) is 1. The van der Waals surface area contributed by atoms with Gasteiger partial charge in [0.25, 0.3) is 0 Å². The van der Waals surface area contributed by atoms with Crippen LogP contribution < -0.4 is 5.32 Å². The molecule has 0 radical (unpaired) electrons. The van der Waals surface area contributed by atoms with E-state index in [4.69, 9.17) is 4.74 Å². The highest BCUT2D eigenvalue weighted by atomic mass is 16.5. The van der Waals surface area contributed by atoms with E-state index < -0.39 is 0 Å². The molecule has 2 aromatic rings. The Hall–Kier alpha value is -1.38. The summed E-state index contributed by atoms with van der Waals surface area (Å²) < 4.78 is 5.03. The van der Waals surface area contributed by atoms with Crippen LogP contribution in [0.4, 0.5) is 0 Å². The van der Waals surface area contributed by atoms with Crippen molar-refractivity contribution in [3.63, 3.8) is 0 Å². The van der Waals surface area contributed by atoms with Gasteiger partial charge in [0.05, 0.1) is 6.73 Å². The summed E-state index contributed by atoms with van der Waals surface area (Å²) in [6.45, 7) is 6.00. The molecule has 0 bridgehead atoms. The molecule has 0 aliphatic rings. The number of hydrogen-bond donors (Lipinski definition) is 1. The van der Waals surface area contributed by atoms with E-state index in [2.05, 4.69) is 61.6 Å². The van der Waals surface area contributed by atoms with Crippen molar-refractivity contribution in [2.24, 2.45) is 0 Å². The topological polar surface area (TPSA) is 21.3 Å². The van der Waals surface area contributed by atoms with E-state index in [1.165, 1.54) is 16.3 Å². The fraction of sp³-hybridized carbons (Fsp3) is 0.375. The predicted molar refractivity (Wildman–Crippen MR) is 76.9 cm³/mol. The molecule has 0 aromatic heterocycles. The lowest BCUT2D eigenvalue weighted by atomic mass is 9.83. The van der Waals surface area contributed by atoms with E-state index in [1.807, 2.05) is 0 Å². The number of benzene rings is 2. The predicted octanol–water partition coefficient (Wildman–Crippen LogP) is 3.31. The SMILES string of the molecule is COCNCC(C)(C)c1ccc2ccccc2c1. The van der Waals surface area contributed by atoms with Crippen LogP contribution in [0.15, 0.2) is 42.5 Å². The number of methoxy groups -OCH3 is 1. The van der Waals surface area contributed by atoms with Crippen molar-refractivity contribution < 1.29 is 4.74 Å². The van der Waals surface area contributed by atoms with Gasteiger partial charge in [0.15, 0.2) is 0 Å². The van der Waals surface area contributed by atoms with Crippen LogP contribution in [0.25, 0.3) is 10.8 Å². The second-order valence-corrected chi connectivity index (χ2v) is 5.31. The summed E-state index contributed by atoms with van der Waals surface area (Å²) in [4.78, 5) is 0. The Morgan fingerprint density at radius 2 is 1.78 bits per heavy atom. The zero-order chi connectivity index (χ0) is 13.0. The van der Waals surface area contributed by atoms with Crippen molar-refractivity contribution in [3.8, 4) is 0 Å². The van der Waals surface area contributed by atoms with E-state index in [0.29, 0.717) is 6.73 Å².